The molecule has 1 N–H and O–H groups in total. The van der Waals surface area contributed by atoms with Crippen LogP contribution in [0.15, 0.2) is 47.6 Å². The lowest BCUT2D eigenvalue weighted by molar-refractivity contribution is 0.305. The first-order valence-electron chi connectivity index (χ1n) is 6.52. The van der Waals surface area contributed by atoms with Crippen molar-refractivity contribution in [1.82, 2.24) is 0 Å². The van der Waals surface area contributed by atoms with E-state index in [0.29, 0.717) is 23.4 Å². The minimum Gasteiger partial charge on any atom is -0.489 e. The van der Waals surface area contributed by atoms with Crippen molar-refractivity contribution in [1.29, 1.82) is 0 Å². The SMILES string of the molecule is CC/C(=N/O)c1ccc(OCc2cccc(F)c2Cl)cc1. The van der Waals surface area contributed by atoms with Crippen LogP contribution in [-0.2, 0) is 6.61 Å². The lowest BCUT2D eigenvalue weighted by atomic mass is 10.1. The van der Waals surface area contributed by atoms with Gasteiger partial charge in [-0.2, -0.15) is 0 Å². The van der Waals surface area contributed by atoms with Crippen molar-refractivity contribution in [3.8, 4) is 5.75 Å². The van der Waals surface area contributed by atoms with Crippen molar-refractivity contribution < 1.29 is 14.3 Å². The summed E-state index contributed by atoms with van der Waals surface area (Å²) >= 11 is 5.87. The Labute approximate surface area is 127 Å². The van der Waals surface area contributed by atoms with Gasteiger partial charge in [0.25, 0.3) is 0 Å². The summed E-state index contributed by atoms with van der Waals surface area (Å²) < 4.78 is 18.9. The first kappa shape index (κ1) is 15.3. The predicted octanol–water partition coefficient (Wildman–Crippen LogP) is 4.65. The normalized spacial score (nSPS) is 11.5. The van der Waals surface area contributed by atoms with Gasteiger partial charge in [0.2, 0.25) is 0 Å². The van der Waals surface area contributed by atoms with Gasteiger partial charge < -0.3 is 9.94 Å². The van der Waals surface area contributed by atoms with Crippen LogP contribution in [0.4, 0.5) is 4.39 Å². The van der Waals surface area contributed by atoms with Crippen LogP contribution in [0.2, 0.25) is 5.02 Å². The molecule has 0 aliphatic carbocycles. The highest BCUT2D eigenvalue weighted by Gasteiger charge is 2.07. The van der Waals surface area contributed by atoms with Gasteiger partial charge in [0.05, 0.1) is 10.7 Å². The monoisotopic (exact) mass is 307 g/mol. The van der Waals surface area contributed by atoms with Crippen molar-refractivity contribution >= 4 is 17.3 Å². The Morgan fingerprint density at radius 2 is 1.95 bits per heavy atom. The van der Waals surface area contributed by atoms with Gasteiger partial charge in [0, 0.05) is 5.56 Å². The Bertz CT molecular complexity index is 641. The number of rotatable bonds is 5. The molecule has 0 amide bonds. The van der Waals surface area contributed by atoms with Gasteiger partial charge in [0.1, 0.15) is 18.2 Å². The van der Waals surface area contributed by atoms with Crippen molar-refractivity contribution in [2.24, 2.45) is 5.16 Å². The molecule has 0 saturated carbocycles. The van der Waals surface area contributed by atoms with Gasteiger partial charge in [-0.3, -0.25) is 0 Å². The van der Waals surface area contributed by atoms with Crippen LogP contribution in [0, 0.1) is 5.82 Å². The highest BCUT2D eigenvalue weighted by atomic mass is 35.5. The third-order valence-corrected chi connectivity index (χ3v) is 3.49. The lowest BCUT2D eigenvalue weighted by Crippen LogP contribution is -2.00. The van der Waals surface area contributed by atoms with Gasteiger partial charge in [-0.05, 0) is 42.3 Å². The molecule has 5 heteroatoms. The Balaban J connectivity index is 2.06. The third kappa shape index (κ3) is 3.73. The number of oxime groups is 1. The lowest BCUT2D eigenvalue weighted by Gasteiger charge is -2.09. The maximum absolute atomic E-state index is 13.3. The molecule has 0 fully saturated rings. The Hall–Kier alpha value is -2.07. The summed E-state index contributed by atoms with van der Waals surface area (Å²) in [6.45, 7) is 2.09. The molecular formula is C16H15ClFNO2. The van der Waals surface area contributed by atoms with E-state index in [9.17, 15) is 4.39 Å². The largest absolute Gasteiger partial charge is 0.489 e. The molecule has 0 saturated heterocycles. The van der Waals surface area contributed by atoms with Crippen LogP contribution in [0.5, 0.6) is 5.75 Å². The molecule has 110 valence electrons. The number of hydrogen-bond acceptors (Lipinski definition) is 3. The van der Waals surface area contributed by atoms with Gasteiger partial charge in [-0.1, -0.05) is 35.8 Å². The van der Waals surface area contributed by atoms with Crippen LogP contribution in [-0.4, -0.2) is 10.9 Å². The van der Waals surface area contributed by atoms with Crippen molar-refractivity contribution in [3.63, 3.8) is 0 Å². The van der Waals surface area contributed by atoms with E-state index in [1.165, 1.54) is 6.07 Å². The summed E-state index contributed by atoms with van der Waals surface area (Å²) in [5.74, 6) is 0.173. The Morgan fingerprint density at radius 1 is 1.24 bits per heavy atom. The van der Waals surface area contributed by atoms with Crippen molar-refractivity contribution in [3.05, 3.63) is 64.4 Å². The molecule has 0 spiro atoms. The summed E-state index contributed by atoms with van der Waals surface area (Å²) in [5, 5.41) is 12.2. The van der Waals surface area contributed by atoms with E-state index in [4.69, 9.17) is 21.5 Å². The number of benzene rings is 2. The smallest absolute Gasteiger partial charge is 0.142 e. The Kier molecular flexibility index (Phi) is 5.17. The quantitative estimate of drug-likeness (QED) is 0.496. The molecule has 2 rings (SSSR count). The van der Waals surface area contributed by atoms with Crippen LogP contribution < -0.4 is 4.74 Å². The molecule has 2 aromatic carbocycles. The first-order chi connectivity index (χ1) is 10.2. The molecule has 21 heavy (non-hydrogen) atoms. The van der Waals surface area contributed by atoms with E-state index in [1.807, 2.05) is 6.92 Å². The molecule has 0 bridgehead atoms. The number of halogens is 2. The maximum Gasteiger partial charge on any atom is 0.142 e. The Morgan fingerprint density at radius 3 is 2.57 bits per heavy atom. The summed E-state index contributed by atoms with van der Waals surface area (Å²) in [4.78, 5) is 0. The van der Waals surface area contributed by atoms with E-state index in [-0.39, 0.29) is 11.6 Å². The zero-order valence-corrected chi connectivity index (χ0v) is 12.3. The maximum atomic E-state index is 13.3. The highest BCUT2D eigenvalue weighted by molar-refractivity contribution is 6.31. The van der Waals surface area contributed by atoms with Crippen LogP contribution in [0.3, 0.4) is 0 Å². The molecule has 3 nitrogen and oxygen atoms in total. The van der Waals surface area contributed by atoms with Gasteiger partial charge in [-0.25, -0.2) is 4.39 Å². The molecule has 0 unspecified atom stereocenters. The average molecular weight is 308 g/mol. The minimum absolute atomic E-state index is 0.0785. The zero-order chi connectivity index (χ0) is 15.2. The van der Waals surface area contributed by atoms with E-state index < -0.39 is 5.82 Å². The van der Waals surface area contributed by atoms with Gasteiger partial charge in [0.15, 0.2) is 0 Å². The summed E-state index contributed by atoms with van der Waals surface area (Å²) in [6, 6.07) is 11.8. The molecule has 2 aromatic rings. The first-order valence-corrected chi connectivity index (χ1v) is 6.90. The van der Waals surface area contributed by atoms with Crippen LogP contribution in [0.25, 0.3) is 0 Å². The number of ether oxygens (including phenoxy) is 1. The topological polar surface area (TPSA) is 41.8 Å². The summed E-state index contributed by atoms with van der Waals surface area (Å²) in [5.41, 5.74) is 2.03. The van der Waals surface area contributed by atoms with Gasteiger partial charge in [-0.15, -0.1) is 0 Å². The predicted molar refractivity (Wildman–Crippen MR) is 80.8 cm³/mol. The fourth-order valence-electron chi connectivity index (χ4n) is 1.90. The molecule has 0 aliphatic rings. The number of nitrogens with zero attached hydrogens (tertiary/aromatic N) is 1. The minimum atomic E-state index is -0.458. The highest BCUT2D eigenvalue weighted by Crippen LogP contribution is 2.22. The molecule has 0 heterocycles. The summed E-state index contributed by atoms with van der Waals surface area (Å²) in [7, 11) is 0. The second-order valence-electron chi connectivity index (χ2n) is 4.43. The molecular weight excluding hydrogens is 293 g/mol. The van der Waals surface area contributed by atoms with Gasteiger partial charge >= 0.3 is 0 Å². The molecule has 0 radical (unpaired) electrons. The summed E-state index contributed by atoms with van der Waals surface area (Å²) in [6.07, 6.45) is 0.635. The average Bonchev–Trinajstić information content (AvgIpc) is 2.51. The number of hydrogen-bond donors (Lipinski definition) is 1. The third-order valence-electron chi connectivity index (χ3n) is 3.07. The van der Waals surface area contributed by atoms with E-state index in [1.54, 1.807) is 36.4 Å². The molecule has 0 aliphatic heterocycles. The van der Waals surface area contributed by atoms with E-state index in [2.05, 4.69) is 5.16 Å². The standard InChI is InChI=1S/C16H15ClFNO2/c1-2-15(19-20)11-6-8-13(9-7-11)21-10-12-4-3-5-14(18)16(12)17/h3-9,20H,2,10H2,1H3/b19-15-. The van der Waals surface area contributed by atoms with E-state index in [0.717, 1.165) is 5.56 Å². The fraction of sp³-hybridized carbons (Fsp3) is 0.188. The molecule has 0 aromatic heterocycles. The van der Waals surface area contributed by atoms with Crippen LogP contribution >= 0.6 is 11.6 Å². The van der Waals surface area contributed by atoms with E-state index >= 15 is 0 Å². The molecule has 0 atom stereocenters. The second-order valence-corrected chi connectivity index (χ2v) is 4.80. The van der Waals surface area contributed by atoms with Crippen molar-refractivity contribution in [2.45, 2.75) is 20.0 Å². The zero-order valence-electron chi connectivity index (χ0n) is 11.5. The van der Waals surface area contributed by atoms with Crippen LogP contribution in [0.1, 0.15) is 24.5 Å². The second kappa shape index (κ2) is 7.09. The fourth-order valence-corrected chi connectivity index (χ4v) is 2.08. The van der Waals surface area contributed by atoms with Crippen molar-refractivity contribution in [2.75, 3.05) is 0 Å².